The molecule has 2 fully saturated rings. The Hall–Kier alpha value is -3.55. The molecule has 0 radical (unpaired) electrons. The summed E-state index contributed by atoms with van der Waals surface area (Å²) >= 11 is 0. The maximum Gasteiger partial charge on any atom is 0.408 e. The molecule has 3 aliphatic carbocycles. The van der Waals surface area contributed by atoms with Crippen LogP contribution in [-0.4, -0.2) is 29.7 Å². The second kappa shape index (κ2) is 11.3. The largest absolute Gasteiger partial charge is 0.445 e. The lowest BCUT2D eigenvalue weighted by Gasteiger charge is -2.27. The van der Waals surface area contributed by atoms with Gasteiger partial charge in [-0.25, -0.2) is 9.59 Å². The van der Waals surface area contributed by atoms with Gasteiger partial charge in [-0.05, 0) is 106 Å². The summed E-state index contributed by atoms with van der Waals surface area (Å²) in [7, 11) is 0. The third kappa shape index (κ3) is 7.31. The molecule has 0 spiro atoms. The van der Waals surface area contributed by atoms with E-state index in [9.17, 15) is 14.4 Å². The molecular weight excluding hydrogens is 494 g/mol. The van der Waals surface area contributed by atoms with Gasteiger partial charge in [0.05, 0.1) is 6.04 Å². The van der Waals surface area contributed by atoms with Crippen LogP contribution in [-0.2, 0) is 27.3 Å². The maximum absolute atomic E-state index is 13.6. The van der Waals surface area contributed by atoms with Crippen LogP contribution in [0.15, 0.2) is 48.5 Å². The number of carbonyl (C=O) groups excluding carboxylic acids is 3. The first-order chi connectivity index (χ1) is 18.7. The van der Waals surface area contributed by atoms with E-state index in [0.717, 1.165) is 55.2 Å². The molecule has 0 aliphatic heterocycles. The summed E-state index contributed by atoms with van der Waals surface area (Å²) in [4.78, 5) is 38.7. The highest BCUT2D eigenvalue weighted by Gasteiger charge is 2.48. The SMILES string of the molecule is CC(C)(C)OC(=O)N[C@@H]1CCc2cc(NC(=O)[C@@H](NC(=O)OCc3ccccc3)C(C3CC3)C3CC3)ccc21. The van der Waals surface area contributed by atoms with Crippen molar-refractivity contribution in [1.29, 1.82) is 0 Å². The van der Waals surface area contributed by atoms with Crippen molar-refractivity contribution in [2.24, 2.45) is 17.8 Å². The Morgan fingerprint density at radius 3 is 2.26 bits per heavy atom. The Morgan fingerprint density at radius 1 is 0.923 bits per heavy atom. The number of aryl methyl sites for hydroxylation is 1. The Morgan fingerprint density at radius 2 is 1.62 bits per heavy atom. The molecule has 2 aromatic carbocycles. The normalized spacial score (nSPS) is 19.1. The summed E-state index contributed by atoms with van der Waals surface area (Å²) in [5, 5.41) is 8.94. The molecule has 0 heterocycles. The fraction of sp³-hybridized carbons (Fsp3) is 0.516. The molecule has 2 aromatic rings. The van der Waals surface area contributed by atoms with Gasteiger partial charge >= 0.3 is 12.2 Å². The number of ether oxygens (including phenoxy) is 2. The Balaban J connectivity index is 1.24. The van der Waals surface area contributed by atoms with Crippen molar-refractivity contribution in [3.63, 3.8) is 0 Å². The van der Waals surface area contributed by atoms with Gasteiger partial charge in [-0.2, -0.15) is 0 Å². The highest BCUT2D eigenvalue weighted by Crippen LogP contribution is 2.51. The molecule has 8 nitrogen and oxygen atoms in total. The minimum Gasteiger partial charge on any atom is -0.445 e. The third-order valence-electron chi connectivity index (χ3n) is 7.67. The molecule has 208 valence electrons. The van der Waals surface area contributed by atoms with Gasteiger partial charge in [0.15, 0.2) is 0 Å². The maximum atomic E-state index is 13.6. The Bertz CT molecular complexity index is 1190. The predicted molar refractivity (Wildman–Crippen MR) is 148 cm³/mol. The standard InChI is InChI=1S/C31H39N3O5/c1-31(2,3)39-30(37)33-25-16-13-22-17-23(14-15-24(22)25)32-28(35)27(26(20-9-10-20)21-11-12-21)34-29(36)38-18-19-7-5-4-6-8-19/h4-8,14-15,17,20-21,25-27H,9-13,16,18H2,1-3H3,(H,32,35)(H,33,37)(H,34,36)/t25-,27+/m1/s1. The minimum absolute atomic E-state index is 0.117. The topological polar surface area (TPSA) is 106 Å². The zero-order valence-corrected chi connectivity index (χ0v) is 23.0. The van der Waals surface area contributed by atoms with E-state index in [4.69, 9.17) is 9.47 Å². The lowest BCUT2D eigenvalue weighted by molar-refractivity contribution is -0.119. The molecule has 0 bridgehead atoms. The van der Waals surface area contributed by atoms with Crippen LogP contribution in [0, 0.1) is 17.8 Å². The van der Waals surface area contributed by atoms with E-state index in [1.165, 1.54) is 0 Å². The number of rotatable bonds is 9. The van der Waals surface area contributed by atoms with Crippen LogP contribution >= 0.6 is 0 Å². The molecule has 0 aromatic heterocycles. The fourth-order valence-electron chi connectivity index (χ4n) is 5.63. The van der Waals surface area contributed by atoms with Crippen molar-refractivity contribution < 1.29 is 23.9 Å². The molecule has 3 N–H and O–H groups in total. The smallest absolute Gasteiger partial charge is 0.408 e. The van der Waals surface area contributed by atoms with E-state index in [2.05, 4.69) is 16.0 Å². The van der Waals surface area contributed by atoms with Crippen LogP contribution in [0.3, 0.4) is 0 Å². The molecule has 39 heavy (non-hydrogen) atoms. The molecule has 8 heteroatoms. The quantitative estimate of drug-likeness (QED) is 0.374. The van der Waals surface area contributed by atoms with E-state index >= 15 is 0 Å². The summed E-state index contributed by atoms with van der Waals surface area (Å²) in [6.07, 6.45) is 4.93. The first-order valence-corrected chi connectivity index (χ1v) is 14.1. The van der Waals surface area contributed by atoms with E-state index < -0.39 is 23.8 Å². The van der Waals surface area contributed by atoms with E-state index in [-0.39, 0.29) is 24.5 Å². The monoisotopic (exact) mass is 533 g/mol. The van der Waals surface area contributed by atoms with Crippen molar-refractivity contribution in [3.8, 4) is 0 Å². The Labute approximate surface area is 230 Å². The summed E-state index contributed by atoms with van der Waals surface area (Å²) in [6, 6.07) is 14.5. The number of anilines is 1. The predicted octanol–water partition coefficient (Wildman–Crippen LogP) is 5.87. The molecule has 5 rings (SSSR count). The number of hydrogen-bond donors (Lipinski definition) is 3. The van der Waals surface area contributed by atoms with Gasteiger partial charge in [0.1, 0.15) is 18.2 Å². The molecule has 0 unspecified atom stereocenters. The minimum atomic E-state index is -0.650. The number of benzene rings is 2. The van der Waals surface area contributed by atoms with E-state index in [1.807, 2.05) is 69.3 Å². The zero-order valence-electron chi connectivity index (χ0n) is 23.0. The summed E-state index contributed by atoms with van der Waals surface area (Å²) in [5.74, 6) is 0.827. The third-order valence-corrected chi connectivity index (χ3v) is 7.67. The van der Waals surface area contributed by atoms with Crippen LogP contribution in [0.5, 0.6) is 0 Å². The summed E-state index contributed by atoms with van der Waals surface area (Å²) in [5.41, 5.74) is 3.14. The van der Waals surface area contributed by atoms with Crippen molar-refractivity contribution >= 4 is 23.8 Å². The number of amides is 3. The van der Waals surface area contributed by atoms with Crippen molar-refractivity contribution in [3.05, 3.63) is 65.2 Å². The lowest BCUT2D eigenvalue weighted by atomic mass is 9.88. The molecule has 2 atom stereocenters. The summed E-state index contributed by atoms with van der Waals surface area (Å²) < 4.78 is 10.9. The van der Waals surface area contributed by atoms with Gasteiger partial charge < -0.3 is 25.4 Å². The van der Waals surface area contributed by atoms with Crippen molar-refractivity contribution in [2.45, 2.75) is 83.6 Å². The van der Waals surface area contributed by atoms with Gasteiger partial charge in [-0.3, -0.25) is 4.79 Å². The first-order valence-electron chi connectivity index (χ1n) is 14.1. The Kier molecular flexibility index (Phi) is 7.82. The van der Waals surface area contributed by atoms with Crippen LogP contribution < -0.4 is 16.0 Å². The van der Waals surface area contributed by atoms with Crippen molar-refractivity contribution in [2.75, 3.05) is 5.32 Å². The van der Waals surface area contributed by atoms with E-state index in [1.54, 1.807) is 0 Å². The second-order valence-electron chi connectivity index (χ2n) is 12.1. The average molecular weight is 534 g/mol. The van der Waals surface area contributed by atoms with Crippen LogP contribution in [0.25, 0.3) is 0 Å². The highest BCUT2D eigenvalue weighted by molar-refractivity contribution is 5.97. The number of fused-ring (bicyclic) bond motifs is 1. The molecule has 2 saturated carbocycles. The lowest BCUT2D eigenvalue weighted by Crippen LogP contribution is -2.50. The van der Waals surface area contributed by atoms with Crippen molar-refractivity contribution in [1.82, 2.24) is 10.6 Å². The number of hydrogen-bond acceptors (Lipinski definition) is 5. The molecular formula is C31H39N3O5. The molecule has 3 amide bonds. The van der Waals surface area contributed by atoms with Gasteiger partial charge in [0, 0.05) is 5.69 Å². The van der Waals surface area contributed by atoms with E-state index in [0.29, 0.717) is 17.5 Å². The number of nitrogens with one attached hydrogen (secondary N) is 3. The fourth-order valence-corrected chi connectivity index (χ4v) is 5.63. The number of alkyl carbamates (subject to hydrolysis) is 2. The zero-order chi connectivity index (χ0) is 27.6. The van der Waals surface area contributed by atoms with Crippen LogP contribution in [0.1, 0.15) is 75.6 Å². The van der Waals surface area contributed by atoms with Gasteiger partial charge in [0.25, 0.3) is 0 Å². The molecule has 3 aliphatic rings. The van der Waals surface area contributed by atoms with Crippen LogP contribution in [0.2, 0.25) is 0 Å². The molecule has 0 saturated heterocycles. The first kappa shape index (κ1) is 27.0. The van der Waals surface area contributed by atoms with Gasteiger partial charge in [-0.1, -0.05) is 36.4 Å². The highest BCUT2D eigenvalue weighted by atomic mass is 16.6. The summed E-state index contributed by atoms with van der Waals surface area (Å²) in [6.45, 7) is 5.67. The average Bonchev–Trinajstić information content (AvgIpc) is 3.82. The van der Waals surface area contributed by atoms with Gasteiger partial charge in [0.2, 0.25) is 5.91 Å². The van der Waals surface area contributed by atoms with Gasteiger partial charge in [-0.15, -0.1) is 0 Å². The number of carbonyl (C=O) groups is 3. The second-order valence-corrected chi connectivity index (χ2v) is 12.1. The van der Waals surface area contributed by atoms with Crippen LogP contribution in [0.4, 0.5) is 15.3 Å².